The molecule has 2 fully saturated rings. The van der Waals surface area contributed by atoms with E-state index in [1.165, 1.54) is 32.2 Å². The van der Waals surface area contributed by atoms with E-state index in [4.69, 9.17) is 10.5 Å². The molecule has 3 nitrogen and oxygen atoms in total. The third-order valence-corrected chi connectivity index (χ3v) is 3.65. The number of hydrogen-bond donors (Lipinski definition) is 1. The van der Waals surface area contributed by atoms with Crippen molar-refractivity contribution in [3.05, 3.63) is 0 Å². The first-order valence-corrected chi connectivity index (χ1v) is 6.78. The molecule has 0 aromatic heterocycles. The molecule has 0 spiro atoms. The number of hydrogen-bond acceptors (Lipinski definition) is 3. The molecule has 2 rings (SSSR count). The van der Waals surface area contributed by atoms with Gasteiger partial charge in [0.25, 0.3) is 0 Å². The Morgan fingerprint density at radius 1 is 1.31 bits per heavy atom. The van der Waals surface area contributed by atoms with Crippen molar-refractivity contribution in [3.8, 4) is 0 Å². The fourth-order valence-electron chi connectivity index (χ4n) is 2.33. The van der Waals surface area contributed by atoms with Gasteiger partial charge in [0.2, 0.25) is 0 Å². The fraction of sp³-hybridized carbons (Fsp3) is 1.00. The minimum absolute atomic E-state index is 0.342. The highest BCUT2D eigenvalue weighted by Crippen LogP contribution is 2.34. The Balaban J connectivity index is 1.63. The van der Waals surface area contributed by atoms with E-state index in [0.717, 1.165) is 38.0 Å². The van der Waals surface area contributed by atoms with Crippen LogP contribution in [0, 0.1) is 5.92 Å². The molecule has 0 bridgehead atoms. The lowest BCUT2D eigenvalue weighted by Crippen LogP contribution is -2.40. The molecule has 2 aliphatic rings. The van der Waals surface area contributed by atoms with Crippen LogP contribution in [0.15, 0.2) is 0 Å². The zero-order valence-electron chi connectivity index (χ0n) is 10.5. The van der Waals surface area contributed by atoms with Gasteiger partial charge in [-0.05, 0) is 44.4 Å². The Kier molecular flexibility index (Phi) is 4.62. The molecule has 0 aromatic carbocycles. The molecule has 0 amide bonds. The monoisotopic (exact) mass is 226 g/mol. The maximum atomic E-state index is 6.18. The van der Waals surface area contributed by atoms with Crippen molar-refractivity contribution in [3.63, 3.8) is 0 Å². The van der Waals surface area contributed by atoms with Crippen LogP contribution in [0.5, 0.6) is 0 Å². The minimum Gasteiger partial charge on any atom is -0.385 e. The van der Waals surface area contributed by atoms with E-state index in [2.05, 4.69) is 4.90 Å². The molecule has 1 atom stereocenters. The smallest absolute Gasteiger partial charge is 0.0462 e. The van der Waals surface area contributed by atoms with E-state index in [-0.39, 0.29) is 0 Å². The number of nitrogens with two attached hydrogens (primary N) is 1. The maximum absolute atomic E-state index is 6.18. The summed E-state index contributed by atoms with van der Waals surface area (Å²) >= 11 is 0. The Labute approximate surface area is 99.3 Å². The molecular formula is C13H26N2O. The second-order valence-electron chi connectivity index (χ2n) is 5.52. The largest absolute Gasteiger partial charge is 0.385 e. The zero-order chi connectivity index (χ0) is 11.4. The number of rotatable bonds is 9. The molecule has 1 unspecified atom stereocenters. The summed E-state index contributed by atoms with van der Waals surface area (Å²) < 4.78 is 5.06. The van der Waals surface area contributed by atoms with Crippen LogP contribution in [-0.2, 0) is 4.74 Å². The van der Waals surface area contributed by atoms with Crippen molar-refractivity contribution in [2.75, 3.05) is 26.8 Å². The Morgan fingerprint density at radius 3 is 2.62 bits per heavy atom. The van der Waals surface area contributed by atoms with Gasteiger partial charge in [-0.25, -0.2) is 0 Å². The predicted molar refractivity (Wildman–Crippen MR) is 66.4 cm³/mol. The van der Waals surface area contributed by atoms with Crippen molar-refractivity contribution in [2.24, 2.45) is 11.7 Å². The zero-order valence-corrected chi connectivity index (χ0v) is 10.5. The van der Waals surface area contributed by atoms with Crippen LogP contribution in [0.2, 0.25) is 0 Å². The molecule has 2 aliphatic carbocycles. The van der Waals surface area contributed by atoms with Gasteiger partial charge in [0, 0.05) is 38.9 Å². The summed E-state index contributed by atoms with van der Waals surface area (Å²) in [6.45, 7) is 3.26. The first-order valence-electron chi connectivity index (χ1n) is 6.78. The lowest BCUT2D eigenvalue weighted by atomic mass is 10.1. The highest BCUT2D eigenvalue weighted by molar-refractivity contribution is 4.89. The summed E-state index contributed by atoms with van der Waals surface area (Å²) in [5.74, 6) is 0.992. The van der Waals surface area contributed by atoms with Crippen LogP contribution in [0.4, 0.5) is 0 Å². The van der Waals surface area contributed by atoms with Gasteiger partial charge in [-0.2, -0.15) is 0 Å². The van der Waals surface area contributed by atoms with Crippen LogP contribution < -0.4 is 5.73 Å². The van der Waals surface area contributed by atoms with Crippen molar-refractivity contribution < 1.29 is 4.74 Å². The molecule has 0 heterocycles. The van der Waals surface area contributed by atoms with Crippen molar-refractivity contribution >= 4 is 0 Å². The summed E-state index contributed by atoms with van der Waals surface area (Å²) in [5.41, 5.74) is 6.18. The molecule has 3 heteroatoms. The molecule has 2 saturated carbocycles. The summed E-state index contributed by atoms with van der Waals surface area (Å²) in [5, 5.41) is 0. The summed E-state index contributed by atoms with van der Waals surface area (Å²) in [4.78, 5) is 2.65. The van der Waals surface area contributed by atoms with Gasteiger partial charge < -0.3 is 10.5 Å². The predicted octanol–water partition coefficient (Wildman–Crippen LogP) is 1.61. The van der Waals surface area contributed by atoms with Gasteiger partial charge in [0.05, 0.1) is 0 Å². The van der Waals surface area contributed by atoms with Crippen molar-refractivity contribution in [2.45, 2.75) is 50.6 Å². The first-order chi connectivity index (χ1) is 7.79. The lowest BCUT2D eigenvalue weighted by molar-refractivity contribution is 0.183. The van der Waals surface area contributed by atoms with Crippen LogP contribution in [0.25, 0.3) is 0 Å². The Morgan fingerprint density at radius 2 is 2.06 bits per heavy atom. The second kappa shape index (κ2) is 5.99. The molecule has 0 radical (unpaired) electrons. The average molecular weight is 226 g/mol. The minimum atomic E-state index is 0.342. The second-order valence-corrected chi connectivity index (χ2v) is 5.52. The van der Waals surface area contributed by atoms with Gasteiger partial charge in [0.1, 0.15) is 0 Å². The molecule has 16 heavy (non-hydrogen) atoms. The fourth-order valence-corrected chi connectivity index (χ4v) is 2.33. The normalized spacial score (nSPS) is 22.7. The molecule has 0 aromatic rings. The van der Waals surface area contributed by atoms with E-state index >= 15 is 0 Å². The first kappa shape index (κ1) is 12.3. The van der Waals surface area contributed by atoms with E-state index in [1.54, 1.807) is 7.11 Å². The molecule has 0 saturated heterocycles. The third-order valence-electron chi connectivity index (χ3n) is 3.65. The number of nitrogens with zero attached hydrogens (tertiary/aromatic N) is 1. The Hall–Kier alpha value is -0.120. The van der Waals surface area contributed by atoms with Crippen LogP contribution in [0.1, 0.15) is 38.5 Å². The maximum Gasteiger partial charge on any atom is 0.0462 e. The van der Waals surface area contributed by atoms with Crippen molar-refractivity contribution in [1.82, 2.24) is 4.90 Å². The van der Waals surface area contributed by atoms with Gasteiger partial charge in [-0.3, -0.25) is 4.90 Å². The SMILES string of the molecule is COCCCC(N)CN(CC1CC1)C1CC1. The molecule has 94 valence electrons. The van der Waals surface area contributed by atoms with Gasteiger partial charge in [-0.15, -0.1) is 0 Å². The number of methoxy groups -OCH3 is 1. The highest BCUT2D eigenvalue weighted by atomic mass is 16.5. The Bertz CT molecular complexity index is 202. The van der Waals surface area contributed by atoms with Crippen LogP contribution in [-0.4, -0.2) is 43.8 Å². The van der Waals surface area contributed by atoms with E-state index in [1.807, 2.05) is 0 Å². The summed E-state index contributed by atoms with van der Waals surface area (Å²) in [6, 6.07) is 1.21. The van der Waals surface area contributed by atoms with Crippen LogP contribution in [0.3, 0.4) is 0 Å². The third kappa shape index (κ3) is 4.40. The molecule has 2 N–H and O–H groups in total. The average Bonchev–Trinajstić information content (AvgIpc) is 3.11. The van der Waals surface area contributed by atoms with Gasteiger partial charge in [0.15, 0.2) is 0 Å². The quantitative estimate of drug-likeness (QED) is 0.607. The highest BCUT2D eigenvalue weighted by Gasteiger charge is 2.33. The van der Waals surface area contributed by atoms with E-state index in [9.17, 15) is 0 Å². The van der Waals surface area contributed by atoms with Crippen LogP contribution >= 0.6 is 0 Å². The standard InChI is InChI=1S/C13H26N2O/c1-16-8-2-3-12(14)10-15(13-6-7-13)9-11-4-5-11/h11-13H,2-10,14H2,1H3. The molecular weight excluding hydrogens is 200 g/mol. The van der Waals surface area contributed by atoms with E-state index in [0.29, 0.717) is 6.04 Å². The number of ether oxygens (including phenoxy) is 1. The topological polar surface area (TPSA) is 38.5 Å². The molecule has 0 aliphatic heterocycles. The van der Waals surface area contributed by atoms with Gasteiger partial charge in [-0.1, -0.05) is 0 Å². The lowest BCUT2D eigenvalue weighted by Gasteiger charge is -2.25. The summed E-state index contributed by atoms with van der Waals surface area (Å²) in [6.07, 6.45) is 7.89. The summed E-state index contributed by atoms with van der Waals surface area (Å²) in [7, 11) is 1.76. The van der Waals surface area contributed by atoms with E-state index < -0.39 is 0 Å². The van der Waals surface area contributed by atoms with Gasteiger partial charge >= 0.3 is 0 Å². The van der Waals surface area contributed by atoms with Crippen molar-refractivity contribution in [1.29, 1.82) is 0 Å².